The number of aromatic amines is 2. The first-order valence-electron chi connectivity index (χ1n) is 35.1. The number of aliphatic hydroxyl groups is 3. The Balaban J connectivity index is 0.000000165. The minimum atomic E-state index is -1.55. The Kier molecular flexibility index (Phi) is 28.0. The molecule has 0 unspecified atom stereocenters. The van der Waals surface area contributed by atoms with Crippen LogP contribution in [0.4, 0.5) is 0 Å². The van der Waals surface area contributed by atoms with Gasteiger partial charge in [-0.05, 0) is 124 Å². The van der Waals surface area contributed by atoms with Crippen LogP contribution in [0.2, 0.25) is 0 Å². The van der Waals surface area contributed by atoms with Crippen LogP contribution in [0.3, 0.4) is 0 Å². The van der Waals surface area contributed by atoms with Crippen molar-refractivity contribution in [2.24, 2.45) is 0 Å². The molecule has 0 saturated carbocycles. The Bertz CT molecular complexity index is 5300. The van der Waals surface area contributed by atoms with Crippen molar-refractivity contribution in [3.63, 3.8) is 0 Å². The van der Waals surface area contributed by atoms with E-state index in [9.17, 15) is 9.59 Å². The van der Waals surface area contributed by atoms with Crippen LogP contribution in [-0.2, 0) is 39.0 Å². The van der Waals surface area contributed by atoms with Gasteiger partial charge in [0.05, 0.1) is 56.6 Å². The first-order chi connectivity index (χ1) is 53.8. The van der Waals surface area contributed by atoms with Gasteiger partial charge in [-0.3, -0.25) is 20.5 Å². The van der Waals surface area contributed by atoms with Gasteiger partial charge in [0.2, 0.25) is 0 Å². The summed E-state index contributed by atoms with van der Waals surface area (Å²) in [6.07, 6.45) is 0. The smallest absolute Gasteiger partial charge is 0.422 e. The molecule has 8 aromatic carbocycles. The molecule has 10 heterocycles. The van der Waals surface area contributed by atoms with Crippen LogP contribution in [0, 0.1) is 41.5 Å². The monoisotopic (exact) mass is 1590 g/mol. The third kappa shape index (κ3) is 18.3. The largest absolute Gasteiger partial charge is 2.00 e. The van der Waals surface area contributed by atoms with Crippen molar-refractivity contribution in [2.45, 2.75) is 41.5 Å². The maximum Gasteiger partial charge on any atom is 2.00 e. The van der Waals surface area contributed by atoms with E-state index in [-0.39, 0.29) is 50.6 Å². The Morgan fingerprint density at radius 3 is 0.696 bits per heavy atom. The average Bonchev–Trinajstić information content (AvgIpc) is 1.61. The van der Waals surface area contributed by atoms with Crippen LogP contribution in [-0.4, -0.2) is 140 Å². The molecular formula is C81H78B2N20O7Zn2. The van der Waals surface area contributed by atoms with E-state index >= 15 is 0 Å². The van der Waals surface area contributed by atoms with Crippen LogP contribution in [0.15, 0.2) is 286 Å². The van der Waals surface area contributed by atoms with E-state index in [1.807, 2.05) is 158 Å². The first-order valence-corrected chi connectivity index (χ1v) is 35.1. The summed E-state index contributed by atoms with van der Waals surface area (Å²) in [5.41, 5.74) is 21.3. The number of benzene rings is 8. The molecule has 5 N–H and O–H groups in total. The van der Waals surface area contributed by atoms with E-state index in [0.717, 1.165) is 145 Å². The van der Waals surface area contributed by atoms with Crippen molar-refractivity contribution in [3.05, 3.63) is 322 Å². The van der Waals surface area contributed by atoms with E-state index < -0.39 is 25.7 Å². The molecule has 0 fully saturated rings. The number of H-pyrrole nitrogens is 2. The van der Waals surface area contributed by atoms with E-state index in [1.54, 1.807) is 0 Å². The third-order valence-electron chi connectivity index (χ3n) is 18.1. The normalized spacial score (nSPS) is 10.6. The fraction of sp³-hybridized carbons (Fsp3) is 0.111. The number of para-hydroxylation sites is 2. The van der Waals surface area contributed by atoms with E-state index in [1.165, 1.54) is 0 Å². The fourth-order valence-corrected chi connectivity index (χ4v) is 12.9. The second-order valence-corrected chi connectivity index (χ2v) is 25.1. The Morgan fingerprint density at radius 1 is 0.304 bits per heavy atom. The first kappa shape index (κ1) is 81.6. The van der Waals surface area contributed by atoms with Crippen LogP contribution < -0.4 is 21.5 Å². The molecule has 18 rings (SSSR count). The molecule has 0 aliphatic carbocycles. The summed E-state index contributed by atoms with van der Waals surface area (Å²) in [4.78, 5) is 28.7. The van der Waals surface area contributed by atoms with Gasteiger partial charge < -0.3 is 61.9 Å². The maximum absolute atomic E-state index is 10.7. The van der Waals surface area contributed by atoms with E-state index in [0.29, 0.717) is 11.4 Å². The summed E-state index contributed by atoms with van der Waals surface area (Å²) >= 11 is 0. The van der Waals surface area contributed by atoms with Crippen molar-refractivity contribution >= 4 is 36.0 Å². The second-order valence-electron chi connectivity index (χ2n) is 25.1. The topological polar surface area (TPSA) is 339 Å². The summed E-state index contributed by atoms with van der Waals surface area (Å²) < 4.78 is 21.4. The molecular weight excluding hydrogens is 1520 g/mol. The number of nitrogens with one attached hydrogen (secondary N) is 2. The van der Waals surface area contributed by atoms with Gasteiger partial charge in [-0.25, -0.2) is 40.2 Å². The van der Waals surface area contributed by atoms with Crippen molar-refractivity contribution < 1.29 is 63.3 Å². The van der Waals surface area contributed by atoms with Crippen molar-refractivity contribution in [2.75, 3.05) is 21.3 Å². The predicted octanol–water partition coefficient (Wildman–Crippen LogP) is 11.6. The number of aromatic nitrogens is 20. The summed E-state index contributed by atoms with van der Waals surface area (Å²) in [7, 11) is -0.110. The molecule has 0 radical (unpaired) electrons. The zero-order chi connectivity index (χ0) is 77.2. The number of fused-ring (bicyclic) bond motifs is 2. The number of aryl methyl sites for hydroxylation is 6. The van der Waals surface area contributed by atoms with Gasteiger partial charge in [-0.1, -0.05) is 218 Å². The Labute approximate surface area is 669 Å². The van der Waals surface area contributed by atoms with Crippen LogP contribution >= 0.6 is 0 Å². The molecule has 0 aliphatic rings. The third-order valence-corrected chi connectivity index (χ3v) is 18.1. The molecule has 554 valence electrons. The summed E-state index contributed by atoms with van der Waals surface area (Å²) in [6.45, 7) is 12.6. The van der Waals surface area contributed by atoms with Crippen molar-refractivity contribution in [3.8, 4) is 90.6 Å². The quantitative estimate of drug-likeness (QED) is 0.0631. The fourth-order valence-electron chi connectivity index (χ4n) is 12.9. The number of hydrogen-bond acceptors (Lipinski definition) is 17. The van der Waals surface area contributed by atoms with Gasteiger partial charge in [0.15, 0.2) is 0 Å². The molecule has 0 bridgehead atoms. The standard InChI is InChI=1S/2C30H28BN6.2C9H6N4O2.3CH4O.2Zn/c2*1-22-19-28(25-13-7-4-8-14-25)32-35(22)31(36-23(2)20-29(33-36)26-15-9-5-10-16-26)37-24(3)21-30(34-37)27-17-11-6-12-18-27;2*14-9-10-8(13-15-9)7-5-3-1-2-4-6(5)11-12-7;3*1-2;;/h2*4-21,31H,1-3H3;2*1-4H,(H2,10,11,12,13,14);3*2H,1H3;;/q2*-1;;;;;;2*+2/p-2. The Hall–Kier alpha value is -12.9. The molecule has 0 amide bonds. The zero-order valence-corrected chi connectivity index (χ0v) is 69.2. The van der Waals surface area contributed by atoms with Crippen molar-refractivity contribution in [1.82, 2.24) is 98.8 Å². The molecule has 0 saturated heterocycles. The Morgan fingerprint density at radius 2 is 0.500 bits per heavy atom. The van der Waals surface area contributed by atoms with Gasteiger partial charge >= 0.3 is 64.7 Å². The zero-order valence-electron chi connectivity index (χ0n) is 63.3. The summed E-state index contributed by atoms with van der Waals surface area (Å²) in [5, 5.41) is 74.1. The maximum atomic E-state index is 10.7. The average molecular weight is 1600 g/mol. The van der Waals surface area contributed by atoms with E-state index in [4.69, 9.17) is 45.9 Å². The van der Waals surface area contributed by atoms with Crippen LogP contribution in [0.25, 0.3) is 112 Å². The van der Waals surface area contributed by atoms with E-state index in [2.05, 4.69) is 228 Å². The van der Waals surface area contributed by atoms with Crippen molar-refractivity contribution in [1.29, 1.82) is 0 Å². The van der Waals surface area contributed by atoms with Gasteiger partial charge in [0.1, 0.15) is 0 Å². The molecule has 0 atom stereocenters. The SMILES string of the molecule is CO.CO.CO.Cc1cc(-c2ccccc2)nn1[BH-](n1nc(-c2ccccc2)cc1C)n1nc(-c2ccccc2)cc1C.Cc1cc(-c2ccccc2)nn1[BH-](n1nc(-c2ccccc2)cc1C)n1nc(-c2ccccc2)cc1C.O=c1[n-]c(-c2n[nH]c3ccccc23)no1.O=c1[n-]c(-c2n[nH]c3ccccc23)no1.[Zn+2].[Zn+2]. The number of nitrogens with zero attached hydrogens (tertiary/aromatic N) is 18. The van der Waals surface area contributed by atoms with Gasteiger partial charge in [0, 0.05) is 77.1 Å². The molecule has 18 aromatic rings. The molecule has 0 spiro atoms. The summed E-state index contributed by atoms with van der Waals surface area (Å²) in [6, 6.07) is 89.7. The van der Waals surface area contributed by atoms with Gasteiger partial charge in [0.25, 0.3) is 0 Å². The van der Waals surface area contributed by atoms with Gasteiger partial charge in [-0.2, -0.15) is 10.2 Å². The number of aliphatic hydroxyl groups excluding tert-OH is 3. The molecule has 0 aliphatic heterocycles. The molecule has 31 heteroatoms. The minimum Gasteiger partial charge on any atom is -0.422 e. The minimum absolute atomic E-state index is 0. The second kappa shape index (κ2) is 38.4. The number of hydrogen-bond donors (Lipinski definition) is 5. The number of rotatable bonds is 14. The predicted molar refractivity (Wildman–Crippen MR) is 428 cm³/mol. The van der Waals surface area contributed by atoms with Crippen LogP contribution in [0.5, 0.6) is 0 Å². The molecule has 112 heavy (non-hydrogen) atoms. The van der Waals surface area contributed by atoms with Gasteiger partial charge in [-0.15, -0.1) is 0 Å². The molecule has 10 aromatic heterocycles. The summed E-state index contributed by atoms with van der Waals surface area (Å²) in [5.74, 6) is -1.01. The van der Waals surface area contributed by atoms with Crippen LogP contribution in [0.1, 0.15) is 34.2 Å². The molecule has 27 nitrogen and oxygen atoms in total.